The van der Waals surface area contributed by atoms with Gasteiger partial charge in [-0.3, -0.25) is 9.48 Å². The van der Waals surface area contributed by atoms with Gasteiger partial charge in [0.2, 0.25) is 0 Å². The van der Waals surface area contributed by atoms with E-state index in [0.717, 1.165) is 27.0 Å². The zero-order valence-electron chi connectivity index (χ0n) is 15.9. The lowest BCUT2D eigenvalue weighted by Crippen LogP contribution is -2.17. The number of hydrogen-bond acceptors (Lipinski definition) is 4. The lowest BCUT2D eigenvalue weighted by Gasteiger charge is -2.06. The van der Waals surface area contributed by atoms with Crippen molar-refractivity contribution in [1.29, 1.82) is 0 Å². The number of rotatable bonds is 6. The predicted molar refractivity (Wildman–Crippen MR) is 113 cm³/mol. The van der Waals surface area contributed by atoms with E-state index in [1.807, 2.05) is 54.9 Å². The highest BCUT2D eigenvalue weighted by Gasteiger charge is 2.07. The van der Waals surface area contributed by atoms with Gasteiger partial charge >= 0.3 is 0 Å². The molecule has 144 valence electrons. The van der Waals surface area contributed by atoms with E-state index < -0.39 is 0 Å². The summed E-state index contributed by atoms with van der Waals surface area (Å²) >= 11 is 3.41. The Morgan fingerprint density at radius 1 is 1.21 bits per heavy atom. The molecule has 28 heavy (non-hydrogen) atoms. The Bertz CT molecular complexity index is 1010. The summed E-state index contributed by atoms with van der Waals surface area (Å²) in [7, 11) is 1.59. The Morgan fingerprint density at radius 2 is 1.96 bits per heavy atom. The summed E-state index contributed by atoms with van der Waals surface area (Å²) in [5.41, 5.74) is 7.02. The topological polar surface area (TPSA) is 68.5 Å². The smallest absolute Gasteiger partial charge is 0.271 e. The number of aromatic nitrogens is 2. The number of amides is 1. The molecule has 7 heteroatoms. The fraction of sp³-hybridized carbons (Fsp3) is 0.190. The number of hydrazone groups is 1. The summed E-state index contributed by atoms with van der Waals surface area (Å²) in [6.07, 6.45) is 1.55. The summed E-state index contributed by atoms with van der Waals surface area (Å²) in [6, 6.07) is 15.0. The first-order valence-corrected chi connectivity index (χ1v) is 9.52. The number of halogens is 1. The van der Waals surface area contributed by atoms with Gasteiger partial charge in [-0.2, -0.15) is 10.2 Å². The van der Waals surface area contributed by atoms with E-state index in [4.69, 9.17) is 4.74 Å². The molecule has 2 aromatic carbocycles. The van der Waals surface area contributed by atoms with Crippen LogP contribution in [0.3, 0.4) is 0 Å². The number of methoxy groups -OCH3 is 1. The molecule has 0 aliphatic rings. The van der Waals surface area contributed by atoms with Crippen molar-refractivity contribution >= 4 is 28.1 Å². The highest BCUT2D eigenvalue weighted by Crippen LogP contribution is 2.21. The maximum atomic E-state index is 12.3. The van der Waals surface area contributed by atoms with Gasteiger partial charge in [-0.05, 0) is 55.8 Å². The Balaban J connectivity index is 1.63. The molecular weight excluding hydrogens is 420 g/mol. The molecule has 0 bridgehead atoms. The van der Waals surface area contributed by atoms with E-state index in [0.29, 0.717) is 17.9 Å². The van der Waals surface area contributed by atoms with E-state index in [1.54, 1.807) is 25.5 Å². The SMILES string of the molecule is COc1ccc(Br)cc1/C=N/NC(=O)c1ccc(Cn2nc(C)cc2C)cc1. The molecule has 0 unspecified atom stereocenters. The van der Waals surface area contributed by atoms with Crippen LogP contribution in [0.4, 0.5) is 0 Å². The Morgan fingerprint density at radius 3 is 2.61 bits per heavy atom. The van der Waals surface area contributed by atoms with Gasteiger partial charge in [-0.1, -0.05) is 28.1 Å². The van der Waals surface area contributed by atoms with Crippen LogP contribution < -0.4 is 10.2 Å². The molecule has 3 rings (SSSR count). The van der Waals surface area contributed by atoms with Crippen molar-refractivity contribution in [3.8, 4) is 5.75 Å². The lowest BCUT2D eigenvalue weighted by atomic mass is 10.1. The van der Waals surface area contributed by atoms with Crippen LogP contribution in [0.25, 0.3) is 0 Å². The molecule has 0 spiro atoms. The summed E-state index contributed by atoms with van der Waals surface area (Å²) in [6.45, 7) is 4.67. The van der Waals surface area contributed by atoms with Gasteiger partial charge in [0.05, 0.1) is 25.6 Å². The maximum Gasteiger partial charge on any atom is 0.271 e. The lowest BCUT2D eigenvalue weighted by molar-refractivity contribution is 0.0955. The number of nitrogens with one attached hydrogen (secondary N) is 1. The number of benzene rings is 2. The first kappa shape index (κ1) is 19.8. The molecular formula is C21H21BrN4O2. The van der Waals surface area contributed by atoms with Crippen LogP contribution in [0.2, 0.25) is 0 Å². The van der Waals surface area contributed by atoms with Crippen molar-refractivity contribution < 1.29 is 9.53 Å². The van der Waals surface area contributed by atoms with Gasteiger partial charge in [0.15, 0.2) is 0 Å². The summed E-state index contributed by atoms with van der Waals surface area (Å²) in [5, 5.41) is 8.49. The molecule has 1 heterocycles. The molecule has 0 saturated carbocycles. The second kappa shape index (κ2) is 8.84. The maximum absolute atomic E-state index is 12.3. The van der Waals surface area contributed by atoms with Gasteiger partial charge in [0.25, 0.3) is 5.91 Å². The van der Waals surface area contributed by atoms with Crippen molar-refractivity contribution in [3.05, 3.63) is 81.1 Å². The number of carbonyl (C=O) groups is 1. The van der Waals surface area contributed by atoms with Crippen LogP contribution in [0, 0.1) is 13.8 Å². The zero-order chi connectivity index (χ0) is 20.1. The van der Waals surface area contributed by atoms with Gasteiger partial charge in [-0.15, -0.1) is 0 Å². The van der Waals surface area contributed by atoms with Crippen molar-refractivity contribution in [2.24, 2.45) is 5.10 Å². The van der Waals surface area contributed by atoms with Crippen molar-refractivity contribution in [3.63, 3.8) is 0 Å². The van der Waals surface area contributed by atoms with Crippen LogP contribution in [0.5, 0.6) is 5.75 Å². The Hall–Kier alpha value is -2.93. The highest BCUT2D eigenvalue weighted by molar-refractivity contribution is 9.10. The van der Waals surface area contributed by atoms with E-state index in [9.17, 15) is 4.79 Å². The molecule has 0 saturated heterocycles. The largest absolute Gasteiger partial charge is 0.496 e. The van der Waals surface area contributed by atoms with E-state index in [-0.39, 0.29) is 5.91 Å². The molecule has 0 atom stereocenters. The van der Waals surface area contributed by atoms with E-state index in [1.165, 1.54) is 0 Å². The fourth-order valence-corrected chi connectivity index (χ4v) is 3.18. The van der Waals surface area contributed by atoms with Gasteiger partial charge in [0.1, 0.15) is 5.75 Å². The van der Waals surface area contributed by atoms with Crippen molar-refractivity contribution in [2.75, 3.05) is 7.11 Å². The van der Waals surface area contributed by atoms with Crippen molar-refractivity contribution in [2.45, 2.75) is 20.4 Å². The fourth-order valence-electron chi connectivity index (χ4n) is 2.80. The van der Waals surface area contributed by atoms with Gasteiger partial charge < -0.3 is 4.74 Å². The number of nitrogens with zero attached hydrogens (tertiary/aromatic N) is 3. The normalized spacial score (nSPS) is 11.0. The molecule has 0 fully saturated rings. The standard InChI is InChI=1S/C21H21BrN4O2/c1-14-10-15(2)26(25-14)13-16-4-6-17(7-5-16)21(27)24-23-12-18-11-19(22)8-9-20(18)28-3/h4-12H,13H2,1-3H3,(H,24,27)/b23-12+. The molecule has 1 N–H and O–H groups in total. The first-order valence-electron chi connectivity index (χ1n) is 8.73. The number of hydrogen-bond donors (Lipinski definition) is 1. The Kier molecular flexibility index (Phi) is 6.26. The molecule has 3 aromatic rings. The Labute approximate surface area is 172 Å². The molecule has 0 aliphatic heterocycles. The third-order valence-electron chi connectivity index (χ3n) is 4.21. The van der Waals surface area contributed by atoms with Crippen LogP contribution >= 0.6 is 15.9 Å². The van der Waals surface area contributed by atoms with Crippen molar-refractivity contribution in [1.82, 2.24) is 15.2 Å². The summed E-state index contributed by atoms with van der Waals surface area (Å²) in [4.78, 5) is 12.3. The van der Waals surface area contributed by atoms with Gasteiger partial charge in [0, 0.05) is 21.3 Å². The minimum Gasteiger partial charge on any atom is -0.496 e. The highest BCUT2D eigenvalue weighted by atomic mass is 79.9. The molecule has 1 aromatic heterocycles. The number of ether oxygens (including phenoxy) is 1. The third-order valence-corrected chi connectivity index (χ3v) is 4.71. The minimum absolute atomic E-state index is 0.275. The minimum atomic E-state index is -0.275. The van der Waals surface area contributed by atoms with Crippen LogP contribution in [-0.4, -0.2) is 29.0 Å². The quantitative estimate of drug-likeness (QED) is 0.463. The molecule has 0 aliphatic carbocycles. The monoisotopic (exact) mass is 440 g/mol. The second-order valence-electron chi connectivity index (χ2n) is 6.37. The van der Waals surface area contributed by atoms with E-state index >= 15 is 0 Å². The van der Waals surface area contributed by atoms with Crippen LogP contribution in [0.1, 0.15) is 32.9 Å². The van der Waals surface area contributed by atoms with E-state index in [2.05, 4.69) is 31.6 Å². The third kappa shape index (κ3) is 4.86. The molecule has 0 radical (unpaired) electrons. The predicted octanol–water partition coefficient (Wildman–Crippen LogP) is 4.08. The summed E-state index contributed by atoms with van der Waals surface area (Å²) in [5.74, 6) is 0.401. The van der Waals surface area contributed by atoms with Crippen LogP contribution in [0.15, 0.2) is 58.1 Å². The average molecular weight is 441 g/mol. The molecule has 6 nitrogen and oxygen atoms in total. The molecule has 1 amide bonds. The van der Waals surface area contributed by atoms with Gasteiger partial charge in [-0.25, -0.2) is 5.43 Å². The average Bonchev–Trinajstić information content (AvgIpc) is 2.99. The number of aryl methyl sites for hydroxylation is 2. The zero-order valence-corrected chi connectivity index (χ0v) is 17.5. The first-order chi connectivity index (χ1) is 13.5. The second-order valence-corrected chi connectivity index (χ2v) is 7.28. The number of carbonyl (C=O) groups excluding carboxylic acids is 1. The van der Waals surface area contributed by atoms with Crippen LogP contribution in [-0.2, 0) is 6.54 Å². The summed E-state index contributed by atoms with van der Waals surface area (Å²) < 4.78 is 8.13.